The van der Waals surface area contributed by atoms with Crippen molar-refractivity contribution < 1.29 is 49.8 Å². The Morgan fingerprint density at radius 2 is 1.09 bits per heavy atom. The largest absolute Gasteiger partial charge is 0.507 e. The Labute approximate surface area is 268 Å². The summed E-state index contributed by atoms with van der Waals surface area (Å²) in [6, 6.07) is 0. The van der Waals surface area contributed by atoms with Gasteiger partial charge in [-0.1, -0.05) is 58.9 Å². The van der Waals surface area contributed by atoms with Crippen LogP contribution in [0, 0.1) is 36.5 Å². The van der Waals surface area contributed by atoms with Crippen molar-refractivity contribution in [3.63, 3.8) is 0 Å². The molecule has 1 amide bonds. The standard InChI is InChI=1S/C35H45NO10/c1-14-11-9-10-12-22(37)36-26-17(4)32(43)23-24(33(44)21(8)34(45)25(23)35(26)46)29(40)16(3)13-15(2)28(39)19(6)31(42)20(7)30(41)18(5)27(14)38/h9-15,18-20,27-28,30-31,38-39,41-42,44-45H,1-8H3,(H,36,37)/b11-9+,12-10?,16-13+/t14-,15-,18+,19+,20+,27-,28-,30+,31+/m0/s1. The van der Waals surface area contributed by atoms with Crippen LogP contribution in [-0.4, -0.2) is 78.3 Å². The Kier molecular flexibility index (Phi) is 11.3. The first-order valence-corrected chi connectivity index (χ1v) is 15.3. The fraction of sp³-hybridized carbons (Fsp3) is 0.486. The number of phenols is 2. The lowest BCUT2D eigenvalue weighted by atomic mass is 9.77. The molecule has 1 aromatic carbocycles. The molecule has 0 aromatic heterocycles. The van der Waals surface area contributed by atoms with Crippen LogP contribution in [0.3, 0.4) is 0 Å². The number of rotatable bonds is 0. The Balaban J connectivity index is 2.21. The Morgan fingerprint density at radius 1 is 0.609 bits per heavy atom. The normalized spacial score (nSPS) is 33.9. The summed E-state index contributed by atoms with van der Waals surface area (Å²) >= 11 is 0. The maximum absolute atomic E-state index is 13.8. The second-order valence-electron chi connectivity index (χ2n) is 12.8. The molecule has 0 fully saturated rings. The maximum atomic E-state index is 13.8. The van der Waals surface area contributed by atoms with Crippen LogP contribution in [0.1, 0.15) is 85.1 Å². The Hall–Kier alpha value is -3.90. The summed E-state index contributed by atoms with van der Waals surface area (Å²) in [5, 5.41) is 68.5. The lowest BCUT2D eigenvalue weighted by molar-refractivity contribution is -0.115. The summed E-state index contributed by atoms with van der Waals surface area (Å²) in [6.45, 7) is 12.1. The molecule has 4 bridgehead atoms. The van der Waals surface area contributed by atoms with Crippen LogP contribution in [0.5, 0.6) is 11.5 Å². The highest BCUT2D eigenvalue weighted by Crippen LogP contribution is 2.43. The highest BCUT2D eigenvalue weighted by molar-refractivity contribution is 6.32. The second-order valence-corrected chi connectivity index (χ2v) is 12.8. The molecular weight excluding hydrogens is 594 g/mol. The predicted octanol–water partition coefficient (Wildman–Crippen LogP) is 3.05. The maximum Gasteiger partial charge on any atom is 0.248 e. The Morgan fingerprint density at radius 3 is 1.63 bits per heavy atom. The second kappa shape index (κ2) is 14.3. The van der Waals surface area contributed by atoms with Gasteiger partial charge in [0, 0.05) is 46.8 Å². The number of amides is 1. The fourth-order valence-electron chi connectivity index (χ4n) is 6.21. The van der Waals surface area contributed by atoms with Gasteiger partial charge in [-0.3, -0.25) is 19.2 Å². The van der Waals surface area contributed by atoms with Crippen molar-refractivity contribution in [1.29, 1.82) is 0 Å². The number of fused-ring (bicyclic) bond motifs is 15. The first-order chi connectivity index (χ1) is 21.3. The van der Waals surface area contributed by atoms with Crippen molar-refractivity contribution in [2.75, 3.05) is 0 Å². The summed E-state index contributed by atoms with van der Waals surface area (Å²) < 4.78 is 0. The van der Waals surface area contributed by atoms with Crippen molar-refractivity contribution in [2.45, 2.75) is 79.8 Å². The van der Waals surface area contributed by atoms with Gasteiger partial charge in [-0.05, 0) is 26.3 Å². The third-order valence-electron chi connectivity index (χ3n) is 9.51. The van der Waals surface area contributed by atoms with Crippen molar-refractivity contribution in [3.05, 3.63) is 69.5 Å². The molecule has 2 aliphatic heterocycles. The van der Waals surface area contributed by atoms with E-state index in [4.69, 9.17) is 0 Å². The summed E-state index contributed by atoms with van der Waals surface area (Å²) in [7, 11) is 0. The highest BCUT2D eigenvalue weighted by Gasteiger charge is 2.41. The van der Waals surface area contributed by atoms with Gasteiger partial charge >= 0.3 is 0 Å². The summed E-state index contributed by atoms with van der Waals surface area (Å²) in [4.78, 5) is 53.8. The van der Waals surface area contributed by atoms with Crippen LogP contribution in [0.4, 0.5) is 0 Å². The molecule has 46 heavy (non-hydrogen) atoms. The fourth-order valence-corrected chi connectivity index (χ4v) is 6.21. The van der Waals surface area contributed by atoms with E-state index in [1.165, 1.54) is 39.0 Å². The SMILES string of the molecule is CC1=C2NC(=O)C=C/C=C/[C@H](C)[C@H](O)[C@@H](C)[C@@H](O)[C@@H](C)[C@H](O)[C@H](C)[C@@H](O)[C@@H](C)/C=C(\C)C(=O)c3c(O)c(C)c(O)c(c3C1=O)C2=O. The van der Waals surface area contributed by atoms with Gasteiger partial charge in [0.05, 0.1) is 46.8 Å². The average molecular weight is 640 g/mol. The zero-order valence-corrected chi connectivity index (χ0v) is 27.4. The third kappa shape index (κ3) is 6.78. The van der Waals surface area contributed by atoms with E-state index in [1.54, 1.807) is 40.7 Å². The van der Waals surface area contributed by atoms with Crippen molar-refractivity contribution in [2.24, 2.45) is 29.6 Å². The van der Waals surface area contributed by atoms with Crippen molar-refractivity contribution in [3.8, 4) is 11.5 Å². The number of carbonyl (C=O) groups is 4. The molecule has 11 heteroatoms. The molecule has 0 saturated heterocycles. The number of aromatic hydroxyl groups is 2. The predicted molar refractivity (Wildman–Crippen MR) is 170 cm³/mol. The number of aliphatic hydroxyl groups is 4. The topological polar surface area (TPSA) is 202 Å². The van der Waals surface area contributed by atoms with E-state index < -0.39 is 111 Å². The van der Waals surface area contributed by atoms with E-state index >= 15 is 0 Å². The third-order valence-corrected chi connectivity index (χ3v) is 9.51. The quantitative estimate of drug-likeness (QED) is 0.221. The lowest BCUT2D eigenvalue weighted by Crippen LogP contribution is -2.45. The molecule has 11 nitrogen and oxygen atoms in total. The van der Waals surface area contributed by atoms with E-state index in [0.29, 0.717) is 0 Å². The summed E-state index contributed by atoms with van der Waals surface area (Å²) in [5.74, 6) is -8.25. The van der Waals surface area contributed by atoms with Crippen LogP contribution in [0.2, 0.25) is 0 Å². The molecule has 1 aliphatic carbocycles. The summed E-state index contributed by atoms with van der Waals surface area (Å²) in [6.07, 6.45) is 2.38. The number of benzene rings is 1. The zero-order chi connectivity index (χ0) is 34.9. The van der Waals surface area contributed by atoms with Gasteiger partial charge in [0.1, 0.15) is 11.5 Å². The first-order valence-electron chi connectivity index (χ1n) is 15.3. The number of allylic oxidation sites excluding steroid dienone is 5. The highest BCUT2D eigenvalue weighted by atomic mass is 16.3. The lowest BCUT2D eigenvalue weighted by Gasteiger charge is -2.36. The first kappa shape index (κ1) is 36.6. The van der Waals surface area contributed by atoms with Gasteiger partial charge in [0.15, 0.2) is 11.6 Å². The van der Waals surface area contributed by atoms with Crippen LogP contribution < -0.4 is 5.32 Å². The zero-order valence-electron chi connectivity index (χ0n) is 27.4. The van der Waals surface area contributed by atoms with Gasteiger partial charge in [0.25, 0.3) is 0 Å². The summed E-state index contributed by atoms with van der Waals surface area (Å²) in [5.41, 5.74) is -2.36. The molecule has 0 unspecified atom stereocenters. The molecule has 1 aromatic rings. The number of Topliss-reactive ketones (excluding diaryl/α,β-unsaturated/α-hetero) is 3. The minimum Gasteiger partial charge on any atom is -0.507 e. The molecular formula is C35H45NO10. The van der Waals surface area contributed by atoms with E-state index in [2.05, 4.69) is 5.32 Å². The molecule has 3 aliphatic rings. The molecule has 250 valence electrons. The minimum atomic E-state index is -1.20. The van der Waals surface area contributed by atoms with Crippen LogP contribution in [0.15, 0.2) is 47.2 Å². The van der Waals surface area contributed by atoms with E-state index in [9.17, 15) is 49.8 Å². The van der Waals surface area contributed by atoms with Crippen LogP contribution in [0.25, 0.3) is 0 Å². The van der Waals surface area contributed by atoms with E-state index in [1.807, 2.05) is 0 Å². The average Bonchev–Trinajstić information content (AvgIpc) is 3.02. The number of carbonyl (C=O) groups excluding carboxylic acids is 4. The molecule has 0 radical (unpaired) electrons. The molecule has 4 rings (SSSR count). The van der Waals surface area contributed by atoms with E-state index in [0.717, 1.165) is 6.08 Å². The van der Waals surface area contributed by atoms with Gasteiger partial charge < -0.3 is 36.0 Å². The van der Waals surface area contributed by atoms with Gasteiger partial charge in [0.2, 0.25) is 11.7 Å². The van der Waals surface area contributed by atoms with Crippen molar-refractivity contribution >= 4 is 23.3 Å². The van der Waals surface area contributed by atoms with Crippen LogP contribution >= 0.6 is 0 Å². The monoisotopic (exact) mass is 639 g/mol. The molecule has 0 saturated carbocycles. The number of phenolic OH excluding ortho intramolecular Hbond substituents is 2. The Bertz CT molecular complexity index is 1550. The number of ketones is 3. The van der Waals surface area contributed by atoms with Gasteiger partial charge in [-0.25, -0.2) is 0 Å². The van der Waals surface area contributed by atoms with Gasteiger partial charge in [-0.15, -0.1) is 0 Å². The molecule has 9 atom stereocenters. The van der Waals surface area contributed by atoms with Crippen LogP contribution in [-0.2, 0) is 4.79 Å². The smallest absolute Gasteiger partial charge is 0.248 e. The van der Waals surface area contributed by atoms with E-state index in [-0.39, 0.29) is 16.7 Å². The molecule has 7 N–H and O–H groups in total. The molecule has 0 spiro atoms. The number of hydrogen-bond acceptors (Lipinski definition) is 10. The van der Waals surface area contributed by atoms with Gasteiger partial charge in [-0.2, -0.15) is 0 Å². The minimum absolute atomic E-state index is 0.00616. The number of aliphatic hydroxyl groups excluding tert-OH is 4. The number of hydrogen-bond donors (Lipinski definition) is 7. The van der Waals surface area contributed by atoms with Crippen molar-refractivity contribution in [1.82, 2.24) is 5.32 Å². The number of nitrogens with one attached hydrogen (secondary N) is 1. The molecule has 2 heterocycles.